The van der Waals surface area contributed by atoms with E-state index in [9.17, 15) is 18.9 Å². The molecule has 98 valence electrons. The number of halogens is 2. The average Bonchev–Trinajstić information content (AvgIpc) is 2.83. The van der Waals surface area contributed by atoms with Crippen LogP contribution in [0.15, 0.2) is 12.1 Å². The molecule has 2 N–H and O–H groups in total. The molecule has 1 unspecified atom stereocenters. The Labute approximate surface area is 102 Å². The fourth-order valence-electron chi connectivity index (χ4n) is 2.02. The van der Waals surface area contributed by atoms with Crippen molar-refractivity contribution in [2.24, 2.45) is 0 Å². The molecule has 0 aliphatic carbocycles. The van der Waals surface area contributed by atoms with E-state index < -0.39 is 22.2 Å². The largest absolute Gasteiger partial charge is 0.375 e. The second-order valence-corrected chi connectivity index (χ2v) is 4.19. The summed E-state index contributed by atoms with van der Waals surface area (Å²) in [5.41, 5.74) is -0.833. The molecule has 1 aliphatic rings. The molecule has 0 bridgehead atoms. The lowest BCUT2D eigenvalue weighted by atomic mass is 10.2. The van der Waals surface area contributed by atoms with Crippen LogP contribution in [0.2, 0.25) is 0 Å². The third-order valence-corrected chi connectivity index (χ3v) is 2.96. The second-order valence-electron chi connectivity index (χ2n) is 4.19. The zero-order valence-corrected chi connectivity index (χ0v) is 9.58. The van der Waals surface area contributed by atoms with Gasteiger partial charge in [0.15, 0.2) is 17.3 Å². The molecule has 0 saturated carbocycles. The van der Waals surface area contributed by atoms with Gasteiger partial charge in [-0.05, 0) is 25.5 Å². The van der Waals surface area contributed by atoms with E-state index in [4.69, 9.17) is 0 Å². The van der Waals surface area contributed by atoms with Gasteiger partial charge in [0.25, 0.3) is 5.69 Å². The van der Waals surface area contributed by atoms with Gasteiger partial charge < -0.3 is 10.6 Å². The Bertz CT molecular complexity index is 462. The molecule has 1 saturated heterocycles. The van der Waals surface area contributed by atoms with E-state index in [1.165, 1.54) is 0 Å². The third-order valence-electron chi connectivity index (χ3n) is 2.96. The Morgan fingerprint density at radius 3 is 2.89 bits per heavy atom. The Balaban J connectivity index is 2.18. The molecule has 1 fully saturated rings. The molecule has 0 aromatic heterocycles. The third kappa shape index (κ3) is 2.56. The molecule has 2 rings (SSSR count). The van der Waals surface area contributed by atoms with Gasteiger partial charge in [0.05, 0.1) is 4.92 Å². The summed E-state index contributed by atoms with van der Waals surface area (Å²) in [6, 6.07) is 1.85. The lowest BCUT2D eigenvalue weighted by Crippen LogP contribution is -2.29. The van der Waals surface area contributed by atoms with Gasteiger partial charge in [0.2, 0.25) is 0 Å². The van der Waals surface area contributed by atoms with Crippen LogP contribution in [0.4, 0.5) is 20.2 Å². The van der Waals surface area contributed by atoms with Gasteiger partial charge in [-0.15, -0.1) is 0 Å². The molecular weight excluding hydrogens is 244 g/mol. The summed E-state index contributed by atoms with van der Waals surface area (Å²) in [6.45, 7) is 1.21. The van der Waals surface area contributed by atoms with Crippen molar-refractivity contribution in [2.45, 2.75) is 18.9 Å². The first-order chi connectivity index (χ1) is 8.59. The summed E-state index contributed by atoms with van der Waals surface area (Å²) in [5.74, 6) is -2.30. The molecule has 1 atom stereocenters. The van der Waals surface area contributed by atoms with E-state index in [-0.39, 0.29) is 11.7 Å². The van der Waals surface area contributed by atoms with Crippen molar-refractivity contribution in [3.63, 3.8) is 0 Å². The highest BCUT2D eigenvalue weighted by Gasteiger charge is 2.23. The maximum Gasteiger partial charge on any atom is 0.295 e. The van der Waals surface area contributed by atoms with Crippen LogP contribution in [0.25, 0.3) is 0 Å². The number of nitro benzene ring substituents is 1. The molecule has 7 heteroatoms. The van der Waals surface area contributed by atoms with Crippen molar-refractivity contribution >= 4 is 11.4 Å². The Morgan fingerprint density at radius 2 is 2.28 bits per heavy atom. The van der Waals surface area contributed by atoms with Crippen molar-refractivity contribution < 1.29 is 13.7 Å². The standard InChI is InChI=1S/C11H13F2N3O2/c12-8-3-4-9(16(17)18)11(10(8)13)15-6-7-2-1-5-14-7/h3-4,7,14-15H,1-2,5-6H2. The normalized spacial score (nSPS) is 18.9. The molecule has 0 amide bonds. The first-order valence-electron chi connectivity index (χ1n) is 5.69. The molecular formula is C11H13F2N3O2. The molecule has 0 spiro atoms. The van der Waals surface area contributed by atoms with Gasteiger partial charge in [0.1, 0.15) is 0 Å². The van der Waals surface area contributed by atoms with Crippen molar-refractivity contribution in [2.75, 3.05) is 18.4 Å². The number of benzene rings is 1. The summed E-state index contributed by atoms with van der Waals surface area (Å²) in [6.07, 6.45) is 1.93. The fourth-order valence-corrected chi connectivity index (χ4v) is 2.02. The molecule has 1 aromatic rings. The number of hydrogen-bond acceptors (Lipinski definition) is 4. The Hall–Kier alpha value is -1.76. The minimum atomic E-state index is -1.21. The van der Waals surface area contributed by atoms with Crippen LogP contribution < -0.4 is 10.6 Å². The Morgan fingerprint density at radius 1 is 1.50 bits per heavy atom. The lowest BCUT2D eigenvalue weighted by molar-refractivity contribution is -0.384. The highest BCUT2D eigenvalue weighted by Crippen LogP contribution is 2.29. The molecule has 0 radical (unpaired) electrons. The van der Waals surface area contributed by atoms with Crippen molar-refractivity contribution in [3.8, 4) is 0 Å². The maximum atomic E-state index is 13.5. The minimum absolute atomic E-state index is 0.132. The van der Waals surface area contributed by atoms with Crippen LogP contribution in [-0.4, -0.2) is 24.1 Å². The first-order valence-corrected chi connectivity index (χ1v) is 5.69. The van der Waals surface area contributed by atoms with E-state index in [2.05, 4.69) is 10.6 Å². The average molecular weight is 257 g/mol. The van der Waals surface area contributed by atoms with Gasteiger partial charge >= 0.3 is 0 Å². The smallest absolute Gasteiger partial charge is 0.295 e. The van der Waals surface area contributed by atoms with Crippen LogP contribution in [0.5, 0.6) is 0 Å². The van der Waals surface area contributed by atoms with Crippen molar-refractivity contribution in [3.05, 3.63) is 33.9 Å². The van der Waals surface area contributed by atoms with Gasteiger partial charge in [-0.3, -0.25) is 10.1 Å². The maximum absolute atomic E-state index is 13.5. The number of nitrogens with one attached hydrogen (secondary N) is 2. The summed E-state index contributed by atoms with van der Waals surface area (Å²) >= 11 is 0. The van der Waals surface area contributed by atoms with Crippen LogP contribution in [-0.2, 0) is 0 Å². The predicted octanol–water partition coefficient (Wildman–Crippen LogP) is 2.04. The van der Waals surface area contributed by atoms with Crippen molar-refractivity contribution in [1.82, 2.24) is 5.32 Å². The number of nitrogens with zero attached hydrogens (tertiary/aromatic N) is 1. The molecule has 1 heterocycles. The highest BCUT2D eigenvalue weighted by molar-refractivity contribution is 5.62. The highest BCUT2D eigenvalue weighted by atomic mass is 19.2. The van der Waals surface area contributed by atoms with Crippen LogP contribution in [0.1, 0.15) is 12.8 Å². The minimum Gasteiger partial charge on any atom is -0.375 e. The van der Waals surface area contributed by atoms with Crippen LogP contribution >= 0.6 is 0 Å². The number of anilines is 1. The summed E-state index contributed by atoms with van der Waals surface area (Å²) in [4.78, 5) is 10.0. The van der Waals surface area contributed by atoms with Gasteiger partial charge in [-0.1, -0.05) is 0 Å². The lowest BCUT2D eigenvalue weighted by Gasteiger charge is -2.13. The molecule has 5 nitrogen and oxygen atoms in total. The SMILES string of the molecule is O=[N+]([O-])c1ccc(F)c(F)c1NCC1CCCN1. The Kier molecular flexibility index (Phi) is 3.71. The molecule has 1 aliphatic heterocycles. The predicted molar refractivity (Wildman–Crippen MR) is 62.5 cm³/mol. The number of nitro groups is 1. The van der Waals surface area contributed by atoms with E-state index in [0.717, 1.165) is 31.5 Å². The summed E-state index contributed by atoms with van der Waals surface area (Å²) < 4.78 is 26.6. The van der Waals surface area contributed by atoms with E-state index in [1.54, 1.807) is 0 Å². The monoisotopic (exact) mass is 257 g/mol. The zero-order chi connectivity index (χ0) is 13.1. The van der Waals surface area contributed by atoms with Gasteiger partial charge in [-0.25, -0.2) is 8.78 Å². The van der Waals surface area contributed by atoms with Crippen molar-refractivity contribution in [1.29, 1.82) is 0 Å². The van der Waals surface area contributed by atoms with Gasteiger partial charge in [-0.2, -0.15) is 0 Å². The van der Waals surface area contributed by atoms with E-state index in [1.807, 2.05) is 0 Å². The first kappa shape index (κ1) is 12.7. The number of hydrogen-bond donors (Lipinski definition) is 2. The molecule has 1 aromatic carbocycles. The quantitative estimate of drug-likeness (QED) is 0.639. The summed E-state index contributed by atoms with van der Waals surface area (Å²) in [5, 5.41) is 16.5. The second kappa shape index (κ2) is 5.26. The van der Waals surface area contributed by atoms with E-state index in [0.29, 0.717) is 6.54 Å². The zero-order valence-electron chi connectivity index (χ0n) is 9.58. The fraction of sp³-hybridized carbons (Fsp3) is 0.455. The van der Waals surface area contributed by atoms with Gasteiger partial charge in [0, 0.05) is 18.7 Å². The number of rotatable bonds is 4. The molecule has 18 heavy (non-hydrogen) atoms. The van der Waals surface area contributed by atoms with Crippen LogP contribution in [0, 0.1) is 21.7 Å². The topological polar surface area (TPSA) is 67.2 Å². The van der Waals surface area contributed by atoms with Crippen LogP contribution in [0.3, 0.4) is 0 Å². The van der Waals surface area contributed by atoms with E-state index >= 15 is 0 Å². The summed E-state index contributed by atoms with van der Waals surface area (Å²) in [7, 11) is 0.